The molecule has 3 aromatic carbocycles. The lowest BCUT2D eigenvalue weighted by Gasteiger charge is -2.31. The van der Waals surface area contributed by atoms with Gasteiger partial charge in [-0.15, -0.1) is 0 Å². The van der Waals surface area contributed by atoms with Gasteiger partial charge in [0, 0.05) is 27.1 Å². The number of nitrogens with two attached hydrogens (primary N) is 1. The molecular formula is C29H23ClN4O8S3. The van der Waals surface area contributed by atoms with Crippen molar-refractivity contribution in [1.29, 1.82) is 0 Å². The topological polar surface area (TPSA) is 178 Å². The van der Waals surface area contributed by atoms with Crippen LogP contribution in [-0.4, -0.2) is 50.1 Å². The van der Waals surface area contributed by atoms with Crippen LogP contribution >= 0.6 is 34.7 Å². The van der Waals surface area contributed by atoms with Crippen LogP contribution in [0.25, 0.3) is 0 Å². The highest BCUT2D eigenvalue weighted by Gasteiger charge is 2.56. The van der Waals surface area contributed by atoms with Crippen LogP contribution in [0.2, 0.25) is 5.02 Å². The first kappa shape index (κ1) is 30.9. The summed E-state index contributed by atoms with van der Waals surface area (Å²) in [6, 6.07) is 16.6. The highest BCUT2D eigenvalue weighted by atomic mass is 35.5. The van der Waals surface area contributed by atoms with Crippen LogP contribution in [-0.2, 0) is 24.4 Å². The average molecular weight is 687 g/mol. The highest BCUT2D eigenvalue weighted by Crippen LogP contribution is 2.54. The third kappa shape index (κ3) is 5.96. The summed E-state index contributed by atoms with van der Waals surface area (Å²) in [4.78, 5) is 57.1. The van der Waals surface area contributed by atoms with E-state index in [1.54, 1.807) is 42.5 Å². The van der Waals surface area contributed by atoms with E-state index in [0.29, 0.717) is 37.6 Å². The number of sulfonamides is 1. The number of carbonyl (C=O) groups is 3. The van der Waals surface area contributed by atoms with Crippen LogP contribution in [0.3, 0.4) is 0 Å². The number of hydrogen-bond donors (Lipinski definition) is 3. The summed E-state index contributed by atoms with van der Waals surface area (Å²) >= 11 is 8.47. The van der Waals surface area contributed by atoms with E-state index in [0.717, 1.165) is 28.0 Å². The summed E-state index contributed by atoms with van der Waals surface area (Å²) in [6.07, 6.45) is 0. The number of ether oxygens (including phenoxy) is 2. The number of hydrogen-bond acceptors (Lipinski definition) is 10. The molecule has 4 N–H and O–H groups in total. The number of carbonyl (C=O) groups excluding carboxylic acids is 3. The normalized spacial score (nSPS) is 19.2. The Bertz CT molecular complexity index is 1990. The Balaban J connectivity index is 1.31. The molecule has 1 saturated heterocycles. The maximum atomic E-state index is 14.1. The van der Waals surface area contributed by atoms with E-state index in [1.165, 1.54) is 31.4 Å². The number of halogens is 1. The first-order chi connectivity index (χ1) is 21.4. The number of thioether (sulfide) groups is 1. The number of rotatable bonds is 8. The van der Waals surface area contributed by atoms with Gasteiger partial charge in [-0.3, -0.25) is 19.2 Å². The minimum atomic E-state index is -3.89. The summed E-state index contributed by atoms with van der Waals surface area (Å²) in [5.41, 5.74) is 1.12. The Hall–Kier alpha value is -4.15. The SMILES string of the molecule is COc1ccc(N2C(=O)C3Sc4[nH]c(=O)sc4[C@H](c4cc(Cl)ccc4OCC(=O)Nc4ccc(S(N)(=O)=O)cc4)C3C2=O)cc1. The van der Waals surface area contributed by atoms with Gasteiger partial charge in [0.05, 0.1) is 28.6 Å². The predicted octanol–water partition coefficient (Wildman–Crippen LogP) is 3.56. The first-order valence-electron chi connectivity index (χ1n) is 13.2. The second-order valence-electron chi connectivity index (χ2n) is 10.0. The molecule has 45 heavy (non-hydrogen) atoms. The van der Waals surface area contributed by atoms with Crippen molar-refractivity contribution in [3.05, 3.63) is 91.9 Å². The Morgan fingerprint density at radius 2 is 1.76 bits per heavy atom. The van der Waals surface area contributed by atoms with Crippen molar-refractivity contribution in [1.82, 2.24) is 4.98 Å². The second-order valence-corrected chi connectivity index (χ2v) is 14.2. The molecule has 12 nitrogen and oxygen atoms in total. The number of aromatic amines is 1. The molecule has 2 aliphatic heterocycles. The average Bonchev–Trinajstić information content (AvgIpc) is 3.50. The summed E-state index contributed by atoms with van der Waals surface area (Å²) in [6.45, 7) is -0.456. The molecule has 3 heterocycles. The summed E-state index contributed by atoms with van der Waals surface area (Å²) in [7, 11) is -2.38. The molecule has 1 aromatic heterocycles. The van der Waals surface area contributed by atoms with E-state index in [9.17, 15) is 27.6 Å². The fraction of sp³-hybridized carbons (Fsp3) is 0.172. The lowest BCUT2D eigenvalue weighted by atomic mass is 9.82. The second kappa shape index (κ2) is 12.0. The van der Waals surface area contributed by atoms with Crippen LogP contribution in [0.15, 0.2) is 81.4 Å². The molecular weight excluding hydrogens is 664 g/mol. The van der Waals surface area contributed by atoms with E-state index in [4.69, 9.17) is 26.2 Å². The number of H-pyrrole nitrogens is 1. The number of aromatic nitrogens is 1. The third-order valence-corrected chi connectivity index (χ3v) is 10.9. The van der Waals surface area contributed by atoms with Crippen molar-refractivity contribution in [3.63, 3.8) is 0 Å². The Morgan fingerprint density at radius 1 is 1.04 bits per heavy atom. The zero-order valence-corrected chi connectivity index (χ0v) is 26.4. The zero-order valence-electron chi connectivity index (χ0n) is 23.2. The van der Waals surface area contributed by atoms with Crippen LogP contribution in [0.5, 0.6) is 11.5 Å². The van der Waals surface area contributed by atoms with Crippen molar-refractivity contribution >= 4 is 73.8 Å². The molecule has 3 amide bonds. The monoisotopic (exact) mass is 686 g/mol. The number of amides is 3. The molecule has 4 aromatic rings. The Labute approximate surface area is 269 Å². The van der Waals surface area contributed by atoms with E-state index in [2.05, 4.69) is 10.3 Å². The standard InChI is InChI=1S/C29H23ClN4O8S3/c1-41-17-7-5-16(6-8-17)34-27(36)23-22(24-26(33-29(38)44-24)43-25(23)28(34)37)19-12-14(30)2-11-20(19)42-13-21(35)32-15-3-9-18(10-4-15)45(31,39)40/h2-12,22-23,25H,13H2,1H3,(H,32,35)(H,33,38)(H2,31,39,40)/t22-,23?,25?/m1/s1. The van der Waals surface area contributed by atoms with E-state index in [1.807, 2.05) is 0 Å². The summed E-state index contributed by atoms with van der Waals surface area (Å²) in [5.74, 6) is -2.35. The zero-order chi connectivity index (χ0) is 32.0. The maximum Gasteiger partial charge on any atom is 0.305 e. The Kier molecular flexibility index (Phi) is 8.22. The van der Waals surface area contributed by atoms with Gasteiger partial charge in [0.25, 0.3) is 5.91 Å². The molecule has 0 radical (unpaired) electrons. The van der Waals surface area contributed by atoms with Crippen LogP contribution in [0.1, 0.15) is 16.4 Å². The molecule has 0 aliphatic carbocycles. The summed E-state index contributed by atoms with van der Waals surface area (Å²) in [5, 5.41) is 7.68. The smallest absolute Gasteiger partial charge is 0.305 e. The minimum absolute atomic E-state index is 0.108. The molecule has 6 rings (SSSR count). The van der Waals surface area contributed by atoms with Gasteiger partial charge in [-0.2, -0.15) is 0 Å². The quantitative estimate of drug-likeness (QED) is 0.234. The fourth-order valence-corrected chi connectivity index (χ4v) is 8.50. The third-order valence-electron chi connectivity index (χ3n) is 7.29. The van der Waals surface area contributed by atoms with Gasteiger partial charge in [0.15, 0.2) is 6.61 Å². The molecule has 0 saturated carbocycles. The van der Waals surface area contributed by atoms with Gasteiger partial charge < -0.3 is 19.8 Å². The number of nitrogens with zero attached hydrogens (tertiary/aromatic N) is 1. The molecule has 2 aliphatic rings. The van der Waals surface area contributed by atoms with Gasteiger partial charge in [-0.25, -0.2) is 18.5 Å². The lowest BCUT2D eigenvalue weighted by Crippen LogP contribution is -2.32. The molecule has 0 bridgehead atoms. The number of primary sulfonamides is 1. The number of imide groups is 1. The molecule has 3 atom stereocenters. The van der Waals surface area contributed by atoms with Crippen molar-refractivity contribution < 1.29 is 32.3 Å². The number of fused-ring (bicyclic) bond motifs is 2. The number of methoxy groups -OCH3 is 1. The van der Waals surface area contributed by atoms with Crippen LogP contribution < -0.4 is 29.7 Å². The molecule has 16 heteroatoms. The van der Waals surface area contributed by atoms with Gasteiger partial charge >= 0.3 is 4.87 Å². The molecule has 2 unspecified atom stereocenters. The van der Waals surface area contributed by atoms with E-state index in [-0.39, 0.29) is 15.5 Å². The number of benzene rings is 3. The molecule has 0 spiro atoms. The molecule has 1 fully saturated rings. The van der Waals surface area contributed by atoms with Gasteiger partial charge in [-0.05, 0) is 66.7 Å². The van der Waals surface area contributed by atoms with Crippen molar-refractivity contribution in [2.75, 3.05) is 23.9 Å². The minimum Gasteiger partial charge on any atom is -0.497 e. The number of anilines is 2. The van der Waals surface area contributed by atoms with Gasteiger partial charge in [0.1, 0.15) is 16.7 Å². The lowest BCUT2D eigenvalue weighted by molar-refractivity contribution is -0.122. The predicted molar refractivity (Wildman–Crippen MR) is 169 cm³/mol. The maximum absolute atomic E-state index is 14.1. The fourth-order valence-electron chi connectivity index (χ4n) is 5.30. The number of thiazole rings is 1. The summed E-state index contributed by atoms with van der Waals surface area (Å²) < 4.78 is 34.1. The van der Waals surface area contributed by atoms with E-state index >= 15 is 0 Å². The largest absolute Gasteiger partial charge is 0.497 e. The molecule has 232 valence electrons. The van der Waals surface area contributed by atoms with Crippen LogP contribution in [0, 0.1) is 5.92 Å². The van der Waals surface area contributed by atoms with Gasteiger partial charge in [0.2, 0.25) is 21.8 Å². The van der Waals surface area contributed by atoms with Crippen molar-refractivity contribution in [3.8, 4) is 11.5 Å². The van der Waals surface area contributed by atoms with Crippen molar-refractivity contribution in [2.45, 2.75) is 21.1 Å². The first-order valence-corrected chi connectivity index (χ1v) is 16.8. The van der Waals surface area contributed by atoms with Gasteiger partial charge in [-0.1, -0.05) is 34.7 Å². The van der Waals surface area contributed by atoms with Crippen molar-refractivity contribution in [2.24, 2.45) is 11.1 Å². The highest BCUT2D eigenvalue weighted by molar-refractivity contribution is 8.00. The van der Waals surface area contributed by atoms with Crippen LogP contribution in [0.4, 0.5) is 11.4 Å². The number of nitrogens with one attached hydrogen (secondary N) is 2. The Morgan fingerprint density at radius 3 is 2.42 bits per heavy atom. The van der Waals surface area contributed by atoms with E-state index < -0.39 is 51.4 Å².